The zero-order valence-electron chi connectivity index (χ0n) is 11.7. The van der Waals surface area contributed by atoms with Gasteiger partial charge in [0.25, 0.3) is 0 Å². The Morgan fingerprint density at radius 1 is 1.18 bits per heavy atom. The summed E-state index contributed by atoms with van der Waals surface area (Å²) in [6.07, 6.45) is 0.552. The van der Waals surface area contributed by atoms with Crippen LogP contribution in [-0.2, 0) is 12.1 Å². The molecular weight excluding hydrogens is 323 g/mol. The van der Waals surface area contributed by atoms with Crippen LogP contribution in [0.15, 0.2) is 42.5 Å². The molecule has 4 nitrogen and oxygen atoms in total. The van der Waals surface area contributed by atoms with Crippen molar-refractivity contribution in [2.24, 2.45) is 0 Å². The van der Waals surface area contributed by atoms with E-state index in [1.54, 1.807) is 12.1 Å². The van der Waals surface area contributed by atoms with Crippen molar-refractivity contribution in [1.29, 1.82) is 0 Å². The zero-order chi connectivity index (χ0) is 15.7. The molecule has 1 aliphatic rings. The van der Waals surface area contributed by atoms with Crippen molar-refractivity contribution in [1.82, 2.24) is 9.88 Å². The summed E-state index contributed by atoms with van der Waals surface area (Å²) in [5.74, 6) is 0. The van der Waals surface area contributed by atoms with Crippen LogP contribution in [0.1, 0.15) is 24.0 Å². The number of rotatable bonds is 4. The number of aromatic nitrogens is 1. The minimum absolute atomic E-state index is 0.277. The third-order valence-corrected chi connectivity index (χ3v) is 4.34. The van der Waals surface area contributed by atoms with E-state index in [1.807, 2.05) is 30.3 Å². The maximum atomic E-state index is 11.8. The highest BCUT2D eigenvalue weighted by Gasteiger charge is 2.52. The van der Waals surface area contributed by atoms with Gasteiger partial charge in [0.15, 0.2) is 0 Å². The molecule has 3 rings (SSSR count). The lowest BCUT2D eigenvalue weighted by Crippen LogP contribution is -2.39. The van der Waals surface area contributed by atoms with Crippen LogP contribution in [0.3, 0.4) is 0 Å². The Hall–Kier alpha value is -1.78. The molecule has 2 aromatic rings. The number of benzene rings is 1. The minimum atomic E-state index is -0.953. The molecule has 1 heterocycles. The first-order chi connectivity index (χ1) is 10.5. The van der Waals surface area contributed by atoms with Crippen LogP contribution in [0.25, 0.3) is 0 Å². The van der Waals surface area contributed by atoms with E-state index in [1.165, 1.54) is 4.90 Å². The van der Waals surface area contributed by atoms with Crippen LogP contribution in [0.5, 0.6) is 0 Å². The fourth-order valence-corrected chi connectivity index (χ4v) is 3.19. The molecule has 6 heteroatoms. The van der Waals surface area contributed by atoms with Crippen molar-refractivity contribution in [3.8, 4) is 0 Å². The molecule has 1 aromatic carbocycles. The molecule has 114 valence electrons. The third kappa shape index (κ3) is 2.89. The number of amides is 1. The Morgan fingerprint density at radius 2 is 1.77 bits per heavy atom. The Morgan fingerprint density at radius 3 is 2.27 bits per heavy atom. The second kappa shape index (κ2) is 5.78. The summed E-state index contributed by atoms with van der Waals surface area (Å²) in [7, 11) is 0. The van der Waals surface area contributed by atoms with Gasteiger partial charge in [-0.1, -0.05) is 53.5 Å². The number of halogens is 2. The molecule has 1 saturated carbocycles. The van der Waals surface area contributed by atoms with E-state index < -0.39 is 11.6 Å². The molecule has 1 aromatic heterocycles. The summed E-state index contributed by atoms with van der Waals surface area (Å²) in [5.41, 5.74) is 1.19. The number of hydrogen-bond donors (Lipinski definition) is 1. The largest absolute Gasteiger partial charge is 0.465 e. The van der Waals surface area contributed by atoms with Crippen LogP contribution in [0.4, 0.5) is 4.79 Å². The summed E-state index contributed by atoms with van der Waals surface area (Å²) >= 11 is 11.9. The molecule has 0 bridgehead atoms. The lowest BCUT2D eigenvalue weighted by Gasteiger charge is -2.30. The highest BCUT2D eigenvalue weighted by molar-refractivity contribution is 6.32. The molecule has 1 aliphatic carbocycles. The molecule has 0 aliphatic heterocycles. The Balaban J connectivity index is 1.95. The summed E-state index contributed by atoms with van der Waals surface area (Å²) in [4.78, 5) is 17.2. The lowest BCUT2D eigenvalue weighted by atomic mass is 10.0. The van der Waals surface area contributed by atoms with Crippen molar-refractivity contribution >= 4 is 29.3 Å². The van der Waals surface area contributed by atoms with Crippen molar-refractivity contribution in [3.05, 3.63) is 63.9 Å². The molecule has 1 N–H and O–H groups in total. The van der Waals surface area contributed by atoms with Gasteiger partial charge in [0.2, 0.25) is 0 Å². The van der Waals surface area contributed by atoms with Crippen molar-refractivity contribution in [2.45, 2.75) is 24.9 Å². The van der Waals surface area contributed by atoms with Crippen molar-refractivity contribution < 1.29 is 9.90 Å². The van der Waals surface area contributed by atoms with Gasteiger partial charge < -0.3 is 5.11 Å². The van der Waals surface area contributed by atoms with Gasteiger partial charge in [0, 0.05) is 6.54 Å². The monoisotopic (exact) mass is 336 g/mol. The van der Waals surface area contributed by atoms with Gasteiger partial charge in [-0.3, -0.25) is 4.90 Å². The van der Waals surface area contributed by atoms with Gasteiger partial charge in [0.1, 0.15) is 10.3 Å². The predicted molar refractivity (Wildman–Crippen MR) is 85.2 cm³/mol. The van der Waals surface area contributed by atoms with Gasteiger partial charge >= 0.3 is 6.09 Å². The van der Waals surface area contributed by atoms with E-state index in [0.717, 1.165) is 24.0 Å². The van der Waals surface area contributed by atoms with Crippen LogP contribution in [-0.4, -0.2) is 21.1 Å². The standard InChI is InChI=1S/C16H14Cl2N2O2/c17-13-8-12(9-14(18)19-13)16(6-7-16)20(15(21)22)10-11-4-2-1-3-5-11/h1-5,8-9H,6-7,10H2,(H,21,22). The zero-order valence-corrected chi connectivity index (χ0v) is 13.2. The maximum absolute atomic E-state index is 11.8. The number of carboxylic acid groups (broad SMARTS) is 1. The molecule has 0 radical (unpaired) electrons. The molecule has 0 saturated heterocycles. The van der Waals surface area contributed by atoms with E-state index in [0.29, 0.717) is 6.54 Å². The smallest absolute Gasteiger partial charge is 0.408 e. The quantitative estimate of drug-likeness (QED) is 0.832. The fourth-order valence-electron chi connectivity index (χ4n) is 2.73. The average molecular weight is 337 g/mol. The number of carbonyl (C=O) groups is 1. The SMILES string of the molecule is O=C(O)N(Cc1ccccc1)C1(c2cc(Cl)nc(Cl)c2)CC1. The predicted octanol–water partition coefficient (Wildman–Crippen LogP) is 4.56. The number of pyridine rings is 1. The van der Waals surface area contributed by atoms with E-state index >= 15 is 0 Å². The van der Waals surface area contributed by atoms with E-state index in [2.05, 4.69) is 4.98 Å². The van der Waals surface area contributed by atoms with E-state index in [4.69, 9.17) is 23.2 Å². The maximum Gasteiger partial charge on any atom is 0.408 e. The van der Waals surface area contributed by atoms with Crippen LogP contribution in [0, 0.1) is 0 Å². The molecule has 1 amide bonds. The molecule has 22 heavy (non-hydrogen) atoms. The summed E-state index contributed by atoms with van der Waals surface area (Å²) in [6, 6.07) is 12.9. The van der Waals surface area contributed by atoms with Gasteiger partial charge in [-0.05, 0) is 36.1 Å². The van der Waals surface area contributed by atoms with Gasteiger partial charge in [-0.15, -0.1) is 0 Å². The van der Waals surface area contributed by atoms with Crippen molar-refractivity contribution in [3.63, 3.8) is 0 Å². The first-order valence-corrected chi connectivity index (χ1v) is 7.65. The van der Waals surface area contributed by atoms with Gasteiger partial charge in [-0.2, -0.15) is 0 Å². The summed E-state index contributed by atoms with van der Waals surface area (Å²) in [6.45, 7) is 0.327. The molecule has 0 unspecified atom stereocenters. The van der Waals surface area contributed by atoms with Gasteiger partial charge in [0.05, 0.1) is 5.54 Å². The molecule has 0 atom stereocenters. The van der Waals surface area contributed by atoms with Crippen LogP contribution < -0.4 is 0 Å². The summed E-state index contributed by atoms with van der Waals surface area (Å²) in [5, 5.41) is 10.2. The summed E-state index contributed by atoms with van der Waals surface area (Å²) < 4.78 is 0. The fraction of sp³-hybridized carbons (Fsp3) is 0.250. The Bertz CT molecular complexity index is 682. The first kappa shape index (κ1) is 15.1. The van der Waals surface area contributed by atoms with Crippen molar-refractivity contribution in [2.75, 3.05) is 0 Å². The van der Waals surface area contributed by atoms with Gasteiger partial charge in [-0.25, -0.2) is 9.78 Å². The second-order valence-corrected chi connectivity index (χ2v) is 6.16. The van der Waals surface area contributed by atoms with Crippen LogP contribution in [0.2, 0.25) is 10.3 Å². The molecular formula is C16H14Cl2N2O2. The van der Waals surface area contributed by atoms with E-state index in [-0.39, 0.29) is 10.3 Å². The highest BCUT2D eigenvalue weighted by Crippen LogP contribution is 2.52. The number of nitrogens with zero attached hydrogens (tertiary/aromatic N) is 2. The molecule has 1 fully saturated rings. The second-order valence-electron chi connectivity index (χ2n) is 5.39. The lowest BCUT2D eigenvalue weighted by molar-refractivity contribution is 0.112. The number of hydrogen-bond acceptors (Lipinski definition) is 2. The Kier molecular flexibility index (Phi) is 3.98. The normalized spacial score (nSPS) is 15.4. The third-order valence-electron chi connectivity index (χ3n) is 3.95. The Labute approximate surface area is 138 Å². The highest BCUT2D eigenvalue weighted by atomic mass is 35.5. The first-order valence-electron chi connectivity index (χ1n) is 6.89. The van der Waals surface area contributed by atoms with Crippen LogP contribution >= 0.6 is 23.2 Å². The minimum Gasteiger partial charge on any atom is -0.465 e. The van der Waals surface area contributed by atoms with E-state index in [9.17, 15) is 9.90 Å². The topological polar surface area (TPSA) is 53.4 Å². The average Bonchev–Trinajstić information content (AvgIpc) is 3.26. The molecule has 0 spiro atoms.